The first-order valence-corrected chi connectivity index (χ1v) is 7.92. The number of urea groups is 1. The summed E-state index contributed by atoms with van der Waals surface area (Å²) in [6.07, 6.45) is 1.49. The highest BCUT2D eigenvalue weighted by atomic mass is 35.5. The van der Waals surface area contributed by atoms with Gasteiger partial charge in [-0.15, -0.1) is 5.10 Å². The van der Waals surface area contributed by atoms with Crippen LogP contribution in [0.15, 0.2) is 48.8 Å². The fraction of sp³-hybridized carbons (Fsp3) is 0.0625. The summed E-state index contributed by atoms with van der Waals surface area (Å²) in [5.41, 5.74) is 1.30. The number of nitrogens with one attached hydrogen (secondary N) is 2. The molecule has 9 heteroatoms. The average Bonchev–Trinajstić information content (AvgIpc) is 2.98. The van der Waals surface area contributed by atoms with Crippen LogP contribution in [0.4, 0.5) is 20.8 Å². The van der Waals surface area contributed by atoms with Crippen LogP contribution in [-0.4, -0.2) is 20.8 Å². The Hall–Kier alpha value is -2.64. The Morgan fingerprint density at radius 1 is 1.16 bits per heavy atom. The lowest BCUT2D eigenvalue weighted by atomic mass is 10.2. The van der Waals surface area contributed by atoms with Crippen LogP contribution in [0.5, 0.6) is 0 Å². The van der Waals surface area contributed by atoms with E-state index in [4.69, 9.17) is 23.2 Å². The number of aromatic nitrogens is 3. The van der Waals surface area contributed by atoms with E-state index in [1.54, 1.807) is 10.7 Å². The lowest BCUT2D eigenvalue weighted by Crippen LogP contribution is -2.20. The van der Waals surface area contributed by atoms with Gasteiger partial charge in [-0.25, -0.2) is 18.9 Å². The summed E-state index contributed by atoms with van der Waals surface area (Å²) in [7, 11) is 0. The average molecular weight is 380 g/mol. The summed E-state index contributed by atoms with van der Waals surface area (Å²) in [6, 6.07) is 10.7. The molecule has 0 aliphatic rings. The Morgan fingerprint density at radius 2 is 2.00 bits per heavy atom. The largest absolute Gasteiger partial charge is 0.326 e. The molecule has 6 nitrogen and oxygen atoms in total. The minimum atomic E-state index is -0.566. The van der Waals surface area contributed by atoms with Gasteiger partial charge in [0.1, 0.15) is 12.1 Å². The molecule has 0 fully saturated rings. The molecule has 3 aromatic rings. The van der Waals surface area contributed by atoms with E-state index >= 15 is 0 Å². The fourth-order valence-corrected chi connectivity index (χ4v) is 2.48. The van der Waals surface area contributed by atoms with Crippen molar-refractivity contribution in [2.75, 3.05) is 10.6 Å². The van der Waals surface area contributed by atoms with Gasteiger partial charge in [-0.3, -0.25) is 5.32 Å². The summed E-state index contributed by atoms with van der Waals surface area (Å²) in [6.45, 7) is 0.463. The quantitative estimate of drug-likeness (QED) is 0.704. The zero-order valence-corrected chi connectivity index (χ0v) is 14.2. The molecule has 2 N–H and O–H groups in total. The predicted octanol–water partition coefficient (Wildman–Crippen LogP) is 4.42. The van der Waals surface area contributed by atoms with Gasteiger partial charge in [0.15, 0.2) is 0 Å². The van der Waals surface area contributed by atoms with E-state index in [1.165, 1.54) is 18.5 Å². The molecule has 0 spiro atoms. The molecule has 0 aliphatic heterocycles. The van der Waals surface area contributed by atoms with Crippen LogP contribution in [0.1, 0.15) is 5.56 Å². The molecular weight excluding hydrogens is 368 g/mol. The number of anilines is 2. The molecule has 0 unspecified atom stereocenters. The molecule has 0 bridgehead atoms. The van der Waals surface area contributed by atoms with Crippen molar-refractivity contribution >= 4 is 40.9 Å². The van der Waals surface area contributed by atoms with E-state index in [9.17, 15) is 9.18 Å². The Morgan fingerprint density at radius 3 is 2.76 bits per heavy atom. The summed E-state index contributed by atoms with van der Waals surface area (Å²) >= 11 is 11.6. The number of benzene rings is 2. The van der Waals surface area contributed by atoms with Crippen molar-refractivity contribution in [3.8, 4) is 0 Å². The molecule has 0 atom stereocenters. The Kier molecular flexibility index (Phi) is 5.16. The van der Waals surface area contributed by atoms with Crippen molar-refractivity contribution in [2.45, 2.75) is 6.54 Å². The number of amides is 2. The minimum Gasteiger partial charge on any atom is -0.308 e. The van der Waals surface area contributed by atoms with Gasteiger partial charge in [0.25, 0.3) is 0 Å². The molecular formula is C16H12Cl2FN5O. The molecule has 0 aliphatic carbocycles. The maximum Gasteiger partial charge on any atom is 0.326 e. The monoisotopic (exact) mass is 379 g/mol. The molecule has 0 saturated heterocycles. The molecule has 1 heterocycles. The number of nitrogens with zero attached hydrogens (tertiary/aromatic N) is 3. The Labute approximate surface area is 152 Å². The third-order valence-electron chi connectivity index (χ3n) is 3.17. The number of hydrogen-bond donors (Lipinski definition) is 2. The number of hydrogen-bond acceptors (Lipinski definition) is 3. The maximum atomic E-state index is 13.1. The van der Waals surface area contributed by atoms with E-state index in [0.29, 0.717) is 17.3 Å². The van der Waals surface area contributed by atoms with Gasteiger partial charge in [0.05, 0.1) is 11.6 Å². The number of carbonyl (C=O) groups excluding carboxylic acids is 1. The third kappa shape index (κ3) is 4.68. The standard InChI is InChI=1S/C16H12Cl2FN5O/c17-11-3-1-2-10(6-11)8-24-9-20-15(23-24)22-16(25)21-12-4-5-14(19)13(18)7-12/h1-7,9H,8H2,(H2,21,22,23,25). The second kappa shape index (κ2) is 7.50. The van der Waals surface area contributed by atoms with Crippen LogP contribution in [0.25, 0.3) is 0 Å². The predicted molar refractivity (Wildman–Crippen MR) is 94.6 cm³/mol. The van der Waals surface area contributed by atoms with Gasteiger partial charge in [-0.1, -0.05) is 35.3 Å². The van der Waals surface area contributed by atoms with Gasteiger partial charge in [0, 0.05) is 10.7 Å². The van der Waals surface area contributed by atoms with Crippen molar-refractivity contribution in [1.82, 2.24) is 14.8 Å². The molecule has 2 amide bonds. The first-order chi connectivity index (χ1) is 12.0. The van der Waals surface area contributed by atoms with Gasteiger partial charge < -0.3 is 5.32 Å². The topological polar surface area (TPSA) is 71.8 Å². The zero-order chi connectivity index (χ0) is 17.8. The molecule has 2 aromatic carbocycles. The fourth-order valence-electron chi connectivity index (χ4n) is 2.09. The van der Waals surface area contributed by atoms with Crippen molar-refractivity contribution in [3.63, 3.8) is 0 Å². The molecule has 25 heavy (non-hydrogen) atoms. The second-order valence-electron chi connectivity index (χ2n) is 5.10. The van der Waals surface area contributed by atoms with Crippen LogP contribution in [0.3, 0.4) is 0 Å². The van der Waals surface area contributed by atoms with Crippen LogP contribution < -0.4 is 10.6 Å². The van der Waals surface area contributed by atoms with Crippen LogP contribution >= 0.6 is 23.2 Å². The smallest absolute Gasteiger partial charge is 0.308 e. The van der Waals surface area contributed by atoms with E-state index in [0.717, 1.165) is 11.6 Å². The van der Waals surface area contributed by atoms with Crippen LogP contribution in [-0.2, 0) is 6.54 Å². The lowest BCUT2D eigenvalue weighted by Gasteiger charge is -2.05. The molecule has 1 aromatic heterocycles. The van der Waals surface area contributed by atoms with Crippen molar-refractivity contribution in [2.24, 2.45) is 0 Å². The molecule has 3 rings (SSSR count). The van der Waals surface area contributed by atoms with E-state index < -0.39 is 11.8 Å². The lowest BCUT2D eigenvalue weighted by molar-refractivity contribution is 0.262. The normalized spacial score (nSPS) is 10.5. The third-order valence-corrected chi connectivity index (χ3v) is 3.70. The summed E-state index contributed by atoms with van der Waals surface area (Å²) < 4.78 is 14.7. The highest BCUT2D eigenvalue weighted by molar-refractivity contribution is 6.31. The summed E-state index contributed by atoms with van der Waals surface area (Å²) in [5.74, 6) is -0.429. The highest BCUT2D eigenvalue weighted by Crippen LogP contribution is 2.19. The summed E-state index contributed by atoms with van der Waals surface area (Å²) in [5, 5.41) is 9.71. The number of rotatable bonds is 4. The van der Waals surface area contributed by atoms with Gasteiger partial charge in [-0.05, 0) is 35.9 Å². The first-order valence-electron chi connectivity index (χ1n) is 7.16. The van der Waals surface area contributed by atoms with Crippen LogP contribution in [0, 0.1) is 5.82 Å². The van der Waals surface area contributed by atoms with Crippen molar-refractivity contribution in [1.29, 1.82) is 0 Å². The maximum absolute atomic E-state index is 13.1. The molecule has 0 saturated carbocycles. The molecule has 128 valence electrons. The number of carbonyl (C=O) groups is 1. The number of halogens is 3. The summed E-state index contributed by atoms with van der Waals surface area (Å²) in [4.78, 5) is 15.9. The Bertz CT molecular complexity index is 915. The van der Waals surface area contributed by atoms with Gasteiger partial charge in [-0.2, -0.15) is 0 Å². The van der Waals surface area contributed by atoms with E-state index in [2.05, 4.69) is 20.7 Å². The van der Waals surface area contributed by atoms with Crippen molar-refractivity contribution < 1.29 is 9.18 Å². The van der Waals surface area contributed by atoms with Crippen LogP contribution in [0.2, 0.25) is 10.0 Å². The Balaban J connectivity index is 1.60. The van der Waals surface area contributed by atoms with Crippen molar-refractivity contribution in [3.05, 3.63) is 70.2 Å². The van der Waals surface area contributed by atoms with E-state index in [-0.39, 0.29) is 11.0 Å². The zero-order valence-electron chi connectivity index (χ0n) is 12.7. The molecule has 0 radical (unpaired) electrons. The first kappa shape index (κ1) is 17.2. The van der Waals surface area contributed by atoms with Gasteiger partial charge in [0.2, 0.25) is 5.95 Å². The SMILES string of the molecule is O=C(Nc1ccc(F)c(Cl)c1)Nc1ncn(Cc2cccc(Cl)c2)n1. The minimum absolute atomic E-state index is 0.0817. The highest BCUT2D eigenvalue weighted by Gasteiger charge is 2.08. The second-order valence-corrected chi connectivity index (χ2v) is 5.95. The van der Waals surface area contributed by atoms with Gasteiger partial charge >= 0.3 is 6.03 Å². The van der Waals surface area contributed by atoms with E-state index in [1.807, 2.05) is 18.2 Å².